The molecule has 0 fully saturated rings. The third-order valence-electron chi connectivity index (χ3n) is 4.16. The zero-order chi connectivity index (χ0) is 17.9. The van der Waals surface area contributed by atoms with Gasteiger partial charge in [-0.1, -0.05) is 23.7 Å². The Morgan fingerprint density at radius 2 is 1.96 bits per heavy atom. The smallest absolute Gasteiger partial charge is 0.180 e. The molecule has 4 rings (SSSR count). The topological polar surface area (TPSA) is 51.5 Å². The van der Waals surface area contributed by atoms with E-state index < -0.39 is 0 Å². The number of hydrogen-bond acceptors (Lipinski definition) is 4. The van der Waals surface area contributed by atoms with Gasteiger partial charge in [0.15, 0.2) is 11.5 Å². The van der Waals surface area contributed by atoms with Crippen LogP contribution < -0.4 is 10.1 Å². The number of imidazole rings is 1. The summed E-state index contributed by atoms with van der Waals surface area (Å²) in [6.45, 7) is 0.623. The fourth-order valence-corrected chi connectivity index (χ4v) is 3.06. The third kappa shape index (κ3) is 3.21. The molecule has 6 heteroatoms. The molecular weight excluding hydrogens is 348 g/mol. The van der Waals surface area contributed by atoms with Crippen molar-refractivity contribution >= 4 is 23.1 Å². The summed E-state index contributed by atoms with van der Waals surface area (Å²) >= 11 is 6.05. The Balaban J connectivity index is 1.64. The molecule has 0 radical (unpaired) electrons. The molecule has 0 aliphatic heterocycles. The van der Waals surface area contributed by atoms with E-state index in [1.165, 1.54) is 0 Å². The van der Waals surface area contributed by atoms with E-state index in [4.69, 9.17) is 16.3 Å². The number of benzene rings is 2. The summed E-state index contributed by atoms with van der Waals surface area (Å²) in [6, 6.07) is 15.7. The summed E-state index contributed by atoms with van der Waals surface area (Å²) in [6.07, 6.45) is 5.53. The number of ether oxygens (including phenoxy) is 1. The van der Waals surface area contributed by atoms with Crippen molar-refractivity contribution in [2.75, 3.05) is 12.4 Å². The van der Waals surface area contributed by atoms with Crippen LogP contribution in [0.5, 0.6) is 5.75 Å². The zero-order valence-electron chi connectivity index (χ0n) is 14.2. The van der Waals surface area contributed by atoms with E-state index in [1.54, 1.807) is 13.3 Å². The van der Waals surface area contributed by atoms with Crippen LogP contribution in [-0.2, 0) is 6.54 Å². The van der Waals surface area contributed by atoms with E-state index in [-0.39, 0.29) is 0 Å². The minimum absolute atomic E-state index is 0.623. The largest absolute Gasteiger partial charge is 0.497 e. The second-order valence-corrected chi connectivity index (χ2v) is 6.26. The number of anilines is 1. The predicted octanol–water partition coefficient (Wildman–Crippen LogP) is 4.67. The normalized spacial score (nSPS) is 10.8. The van der Waals surface area contributed by atoms with Crippen molar-refractivity contribution in [2.45, 2.75) is 6.54 Å². The van der Waals surface area contributed by atoms with Crippen molar-refractivity contribution < 1.29 is 4.74 Å². The number of methoxy groups -OCH3 is 1. The molecule has 2 heterocycles. The lowest BCUT2D eigenvalue weighted by Gasteiger charge is -2.08. The Morgan fingerprint density at radius 3 is 2.73 bits per heavy atom. The summed E-state index contributed by atoms with van der Waals surface area (Å²) in [5, 5.41) is 4.06. The van der Waals surface area contributed by atoms with Gasteiger partial charge in [-0.15, -0.1) is 0 Å². The summed E-state index contributed by atoms with van der Waals surface area (Å²) in [4.78, 5) is 8.98. The molecule has 0 bridgehead atoms. The van der Waals surface area contributed by atoms with E-state index in [1.807, 2.05) is 65.3 Å². The molecule has 130 valence electrons. The van der Waals surface area contributed by atoms with Gasteiger partial charge in [0, 0.05) is 29.5 Å². The molecule has 0 saturated carbocycles. The van der Waals surface area contributed by atoms with Gasteiger partial charge in [-0.05, 0) is 42.0 Å². The molecule has 2 aromatic heterocycles. The van der Waals surface area contributed by atoms with Gasteiger partial charge >= 0.3 is 0 Å². The first-order valence-electron chi connectivity index (χ1n) is 8.19. The lowest BCUT2D eigenvalue weighted by Crippen LogP contribution is -2.04. The molecule has 0 atom stereocenters. The highest BCUT2D eigenvalue weighted by Crippen LogP contribution is 2.25. The highest BCUT2D eigenvalue weighted by atomic mass is 35.5. The zero-order valence-corrected chi connectivity index (χ0v) is 14.9. The van der Waals surface area contributed by atoms with Crippen LogP contribution in [0.1, 0.15) is 5.56 Å². The molecule has 0 aliphatic carbocycles. The van der Waals surface area contributed by atoms with Gasteiger partial charge in [0.2, 0.25) is 0 Å². The standard InChI is InChI=1S/C20H17ClN4O/c1-26-17-7-5-15(6-8-17)18-13-24-20-19(22-9-10-25(18)20)23-12-14-3-2-4-16(21)11-14/h2-11,13H,12H2,1H3,(H,22,23). The van der Waals surface area contributed by atoms with Crippen LogP contribution in [0.4, 0.5) is 5.82 Å². The van der Waals surface area contributed by atoms with Crippen LogP contribution >= 0.6 is 11.6 Å². The Kier molecular flexibility index (Phi) is 4.46. The fraction of sp³-hybridized carbons (Fsp3) is 0.100. The maximum Gasteiger partial charge on any atom is 0.180 e. The minimum atomic E-state index is 0.623. The van der Waals surface area contributed by atoms with Crippen LogP contribution in [0.15, 0.2) is 67.1 Å². The molecule has 4 aromatic rings. The molecule has 26 heavy (non-hydrogen) atoms. The van der Waals surface area contributed by atoms with E-state index in [0.29, 0.717) is 6.54 Å². The number of rotatable bonds is 5. The monoisotopic (exact) mass is 364 g/mol. The van der Waals surface area contributed by atoms with Crippen LogP contribution in [0.2, 0.25) is 5.02 Å². The highest BCUT2D eigenvalue weighted by molar-refractivity contribution is 6.30. The molecule has 0 spiro atoms. The highest BCUT2D eigenvalue weighted by Gasteiger charge is 2.10. The van der Waals surface area contributed by atoms with Gasteiger partial charge in [0.05, 0.1) is 19.0 Å². The van der Waals surface area contributed by atoms with Crippen molar-refractivity contribution in [2.24, 2.45) is 0 Å². The lowest BCUT2D eigenvalue weighted by molar-refractivity contribution is 0.415. The Morgan fingerprint density at radius 1 is 1.12 bits per heavy atom. The second kappa shape index (κ2) is 7.06. The number of aromatic nitrogens is 3. The fourth-order valence-electron chi connectivity index (χ4n) is 2.85. The van der Waals surface area contributed by atoms with Crippen LogP contribution in [0, 0.1) is 0 Å². The van der Waals surface area contributed by atoms with Crippen molar-refractivity contribution in [3.05, 3.63) is 77.7 Å². The van der Waals surface area contributed by atoms with E-state index in [0.717, 1.165) is 39.1 Å². The van der Waals surface area contributed by atoms with E-state index in [2.05, 4.69) is 15.3 Å². The molecule has 2 aromatic carbocycles. The molecule has 0 saturated heterocycles. The van der Waals surface area contributed by atoms with E-state index in [9.17, 15) is 0 Å². The van der Waals surface area contributed by atoms with Crippen molar-refractivity contribution in [3.8, 4) is 17.0 Å². The molecule has 0 aliphatic rings. The average molecular weight is 365 g/mol. The summed E-state index contributed by atoms with van der Waals surface area (Å²) in [7, 11) is 1.66. The quantitative estimate of drug-likeness (QED) is 0.559. The number of hydrogen-bond donors (Lipinski definition) is 1. The molecule has 5 nitrogen and oxygen atoms in total. The summed E-state index contributed by atoms with van der Waals surface area (Å²) in [5.74, 6) is 1.56. The summed E-state index contributed by atoms with van der Waals surface area (Å²) < 4.78 is 7.25. The number of nitrogens with one attached hydrogen (secondary N) is 1. The molecular formula is C20H17ClN4O. The Labute approximate surface area is 156 Å². The number of fused-ring (bicyclic) bond motifs is 1. The average Bonchev–Trinajstić information content (AvgIpc) is 3.11. The maximum atomic E-state index is 6.05. The molecule has 0 unspecified atom stereocenters. The van der Waals surface area contributed by atoms with Crippen LogP contribution in [-0.4, -0.2) is 21.5 Å². The Bertz CT molecular complexity index is 1040. The van der Waals surface area contributed by atoms with Gasteiger partial charge in [-0.3, -0.25) is 4.40 Å². The third-order valence-corrected chi connectivity index (χ3v) is 4.40. The number of nitrogens with zero attached hydrogens (tertiary/aromatic N) is 3. The predicted molar refractivity (Wildman–Crippen MR) is 104 cm³/mol. The van der Waals surface area contributed by atoms with Crippen molar-refractivity contribution in [1.29, 1.82) is 0 Å². The lowest BCUT2D eigenvalue weighted by atomic mass is 10.1. The van der Waals surface area contributed by atoms with Gasteiger partial charge in [0.1, 0.15) is 5.75 Å². The molecule has 1 N–H and O–H groups in total. The minimum Gasteiger partial charge on any atom is -0.497 e. The van der Waals surface area contributed by atoms with Gasteiger partial charge in [0.25, 0.3) is 0 Å². The van der Waals surface area contributed by atoms with Crippen molar-refractivity contribution in [1.82, 2.24) is 14.4 Å². The Hall–Kier alpha value is -3.05. The second-order valence-electron chi connectivity index (χ2n) is 5.82. The van der Waals surface area contributed by atoms with Gasteiger partial charge < -0.3 is 10.1 Å². The SMILES string of the molecule is COc1ccc(-c2cnc3c(NCc4cccc(Cl)c4)nccn23)cc1. The van der Waals surface area contributed by atoms with Crippen LogP contribution in [0.25, 0.3) is 16.9 Å². The maximum absolute atomic E-state index is 6.05. The van der Waals surface area contributed by atoms with E-state index >= 15 is 0 Å². The molecule has 0 amide bonds. The van der Waals surface area contributed by atoms with Gasteiger partial charge in [-0.2, -0.15) is 0 Å². The summed E-state index contributed by atoms with van der Waals surface area (Å²) in [5.41, 5.74) is 3.92. The van der Waals surface area contributed by atoms with Gasteiger partial charge in [-0.25, -0.2) is 9.97 Å². The first-order chi connectivity index (χ1) is 12.7. The van der Waals surface area contributed by atoms with Crippen LogP contribution in [0.3, 0.4) is 0 Å². The first kappa shape index (κ1) is 16.4. The van der Waals surface area contributed by atoms with Crippen molar-refractivity contribution in [3.63, 3.8) is 0 Å². The number of halogens is 1. The first-order valence-corrected chi connectivity index (χ1v) is 8.57.